The van der Waals surface area contributed by atoms with Crippen molar-refractivity contribution in [2.45, 2.75) is 35.7 Å². The molecule has 2 aliphatic rings. The van der Waals surface area contributed by atoms with Crippen LogP contribution in [0.15, 0.2) is 57.3 Å². The molecule has 0 unspecified atom stereocenters. The fourth-order valence-corrected chi connectivity index (χ4v) is 6.67. The molecule has 8 nitrogen and oxygen atoms in total. The molecule has 1 fully saturated rings. The summed E-state index contributed by atoms with van der Waals surface area (Å²) in [6, 6.07) is 12.2. The number of nitrogens with zero attached hydrogens (tertiary/aromatic N) is 3. The predicted octanol–water partition coefficient (Wildman–Crippen LogP) is 3.49. The van der Waals surface area contributed by atoms with Crippen molar-refractivity contribution in [2.24, 2.45) is 0 Å². The molecular weight excluding hydrogens is 496 g/mol. The van der Waals surface area contributed by atoms with E-state index < -0.39 is 10.0 Å². The Morgan fingerprint density at radius 1 is 1.15 bits per heavy atom. The van der Waals surface area contributed by atoms with E-state index in [0.29, 0.717) is 36.6 Å². The summed E-state index contributed by atoms with van der Waals surface area (Å²) < 4.78 is 34.5. The smallest absolute Gasteiger partial charge is 0.258 e. The Bertz CT molecular complexity index is 1360. The fourth-order valence-electron chi connectivity index (χ4n) is 4.22. The fraction of sp³-hybridized carbons (Fsp3) is 0.304. The van der Waals surface area contributed by atoms with E-state index >= 15 is 0 Å². The van der Waals surface area contributed by atoms with Gasteiger partial charge in [0.2, 0.25) is 10.0 Å². The van der Waals surface area contributed by atoms with Gasteiger partial charge in [-0.15, -0.1) is 12.4 Å². The summed E-state index contributed by atoms with van der Waals surface area (Å²) in [7, 11) is -2.03. The van der Waals surface area contributed by atoms with Crippen LogP contribution in [0.4, 0.5) is 0 Å². The summed E-state index contributed by atoms with van der Waals surface area (Å²) in [6.45, 7) is 2.65. The van der Waals surface area contributed by atoms with Gasteiger partial charge in [-0.1, -0.05) is 17.8 Å². The second-order valence-corrected chi connectivity index (χ2v) is 11.1. The number of aryl methyl sites for hydroxylation is 1. The van der Waals surface area contributed by atoms with Gasteiger partial charge >= 0.3 is 0 Å². The first-order valence-electron chi connectivity index (χ1n) is 10.7. The number of pyridine rings is 1. The molecule has 0 aliphatic carbocycles. The Hall–Kier alpha value is -2.53. The first kappa shape index (κ1) is 24.6. The van der Waals surface area contributed by atoms with Crippen LogP contribution in [0.3, 0.4) is 0 Å². The van der Waals surface area contributed by atoms with Crippen LogP contribution in [0.1, 0.15) is 24.2 Å². The summed E-state index contributed by atoms with van der Waals surface area (Å²) in [5.74, 6) is 0.472. The monoisotopic (exact) mass is 520 g/mol. The molecular formula is C23H25ClN4O4S2. The number of aromatic nitrogens is 2. The number of sulfonamides is 1. The Morgan fingerprint density at radius 2 is 1.85 bits per heavy atom. The van der Waals surface area contributed by atoms with E-state index in [1.807, 2.05) is 31.2 Å². The molecule has 1 saturated heterocycles. The summed E-state index contributed by atoms with van der Waals surface area (Å²) in [4.78, 5) is 18.4. The van der Waals surface area contributed by atoms with E-state index in [1.54, 1.807) is 31.4 Å². The molecule has 2 aliphatic heterocycles. The van der Waals surface area contributed by atoms with Crippen LogP contribution in [0.5, 0.6) is 5.75 Å². The number of nitrogens with one attached hydrogen (secondary N) is 1. The van der Waals surface area contributed by atoms with Gasteiger partial charge in [0.15, 0.2) is 0 Å². The van der Waals surface area contributed by atoms with Crippen molar-refractivity contribution < 1.29 is 17.9 Å². The number of hydrogen-bond acceptors (Lipinski definition) is 6. The number of piperidine rings is 1. The number of amides is 1. The molecule has 11 heteroatoms. The Labute approximate surface area is 208 Å². The van der Waals surface area contributed by atoms with E-state index in [0.717, 1.165) is 22.1 Å². The third-order valence-corrected chi connectivity index (χ3v) is 8.98. The summed E-state index contributed by atoms with van der Waals surface area (Å²) >= 11 is 1.42. The largest absolute Gasteiger partial charge is 0.497 e. The second kappa shape index (κ2) is 9.61. The van der Waals surface area contributed by atoms with Crippen LogP contribution >= 0.6 is 24.2 Å². The number of carbonyl (C=O) groups is 1. The van der Waals surface area contributed by atoms with Crippen LogP contribution < -0.4 is 10.1 Å². The maximum absolute atomic E-state index is 13.0. The predicted molar refractivity (Wildman–Crippen MR) is 134 cm³/mol. The van der Waals surface area contributed by atoms with Gasteiger partial charge in [0.1, 0.15) is 11.4 Å². The minimum Gasteiger partial charge on any atom is -0.497 e. The van der Waals surface area contributed by atoms with Crippen LogP contribution in [-0.4, -0.2) is 54.3 Å². The summed E-state index contributed by atoms with van der Waals surface area (Å²) in [5, 5.41) is 4.05. The molecule has 5 rings (SSSR count). The van der Waals surface area contributed by atoms with Crippen LogP contribution in [0.25, 0.3) is 11.7 Å². The Morgan fingerprint density at radius 3 is 2.53 bits per heavy atom. The first-order chi connectivity index (χ1) is 15.9. The third-order valence-electron chi connectivity index (χ3n) is 6.02. The first-order valence-corrected chi connectivity index (χ1v) is 12.9. The van der Waals surface area contributed by atoms with Crippen LogP contribution in [0.2, 0.25) is 0 Å². The van der Waals surface area contributed by atoms with Gasteiger partial charge in [-0.2, -0.15) is 4.31 Å². The highest BCUT2D eigenvalue weighted by atomic mass is 35.5. The SMILES string of the molecule is COc1ccc(S(=O)(=O)N2CCC(NC(=O)C3=Cc4c(C)nc5cccc(n45)S3)CC2)cc1.Cl. The van der Waals surface area contributed by atoms with E-state index in [4.69, 9.17) is 4.74 Å². The number of ether oxygens (including phenoxy) is 1. The van der Waals surface area contributed by atoms with Crippen molar-refractivity contribution >= 4 is 51.8 Å². The Balaban J connectivity index is 0.00000274. The number of rotatable bonds is 5. The molecule has 0 radical (unpaired) electrons. The summed E-state index contributed by atoms with van der Waals surface area (Å²) in [5.41, 5.74) is 2.67. The molecule has 3 aromatic rings. The lowest BCUT2D eigenvalue weighted by atomic mass is 10.1. The molecule has 0 spiro atoms. The highest BCUT2D eigenvalue weighted by Crippen LogP contribution is 2.36. The van der Waals surface area contributed by atoms with Gasteiger partial charge in [-0.25, -0.2) is 13.4 Å². The number of imidazole rings is 1. The van der Waals surface area contributed by atoms with Crippen molar-refractivity contribution in [2.75, 3.05) is 20.2 Å². The standard InChI is InChI=1S/C23H24N4O4S2.ClH/c1-15-19-14-20(32-22-5-3-4-21(24-15)27(19)22)23(28)25-16-10-12-26(13-11-16)33(29,30)18-8-6-17(31-2)7-9-18;/h3-9,14,16H,10-13H2,1-2H3,(H,25,28);1H. The molecule has 1 amide bonds. The molecule has 4 heterocycles. The molecule has 2 aromatic heterocycles. The van der Waals surface area contributed by atoms with E-state index in [1.165, 1.54) is 16.1 Å². The minimum atomic E-state index is -3.57. The lowest BCUT2D eigenvalue weighted by molar-refractivity contribution is -0.117. The zero-order valence-corrected chi connectivity index (χ0v) is 21.2. The van der Waals surface area contributed by atoms with Crippen LogP contribution in [0, 0.1) is 6.92 Å². The molecule has 1 aromatic carbocycles. The maximum Gasteiger partial charge on any atom is 0.258 e. The molecule has 0 atom stereocenters. The normalized spacial score (nSPS) is 16.6. The number of carbonyl (C=O) groups excluding carboxylic acids is 1. The molecule has 1 N–H and O–H groups in total. The van der Waals surface area contributed by atoms with Crippen molar-refractivity contribution in [1.29, 1.82) is 0 Å². The number of benzene rings is 1. The lowest BCUT2D eigenvalue weighted by Crippen LogP contribution is -2.46. The minimum absolute atomic E-state index is 0. The molecule has 0 saturated carbocycles. The second-order valence-electron chi connectivity index (χ2n) is 8.08. The van der Waals surface area contributed by atoms with Gasteiger partial charge in [-0.3, -0.25) is 9.20 Å². The van der Waals surface area contributed by atoms with E-state index in [-0.39, 0.29) is 29.3 Å². The molecule has 34 heavy (non-hydrogen) atoms. The topological polar surface area (TPSA) is 93.0 Å². The number of halogens is 1. The number of thioether (sulfide) groups is 1. The lowest BCUT2D eigenvalue weighted by Gasteiger charge is -2.32. The van der Waals surface area contributed by atoms with E-state index in [9.17, 15) is 13.2 Å². The van der Waals surface area contributed by atoms with Gasteiger partial charge in [0, 0.05) is 19.1 Å². The third kappa shape index (κ3) is 4.43. The van der Waals surface area contributed by atoms with Crippen molar-refractivity contribution in [1.82, 2.24) is 19.0 Å². The van der Waals surface area contributed by atoms with Gasteiger partial charge < -0.3 is 10.1 Å². The maximum atomic E-state index is 13.0. The molecule has 180 valence electrons. The van der Waals surface area contributed by atoms with Gasteiger partial charge in [0.05, 0.1) is 33.3 Å². The number of hydrogen-bond donors (Lipinski definition) is 1. The van der Waals surface area contributed by atoms with Gasteiger partial charge in [-0.05, 0) is 62.2 Å². The Kier molecular flexibility index (Phi) is 6.95. The van der Waals surface area contributed by atoms with Crippen molar-refractivity contribution in [3.05, 3.63) is 58.8 Å². The number of methoxy groups -OCH3 is 1. The highest BCUT2D eigenvalue weighted by Gasteiger charge is 2.31. The van der Waals surface area contributed by atoms with Gasteiger partial charge in [0.25, 0.3) is 5.91 Å². The zero-order valence-electron chi connectivity index (χ0n) is 18.7. The van der Waals surface area contributed by atoms with Crippen molar-refractivity contribution in [3.8, 4) is 5.75 Å². The highest BCUT2D eigenvalue weighted by molar-refractivity contribution is 8.04. The summed E-state index contributed by atoms with van der Waals surface area (Å²) in [6.07, 6.45) is 3.00. The van der Waals surface area contributed by atoms with Crippen LogP contribution in [-0.2, 0) is 14.8 Å². The molecule has 0 bridgehead atoms. The quantitative estimate of drug-likeness (QED) is 0.553. The average Bonchev–Trinajstić information content (AvgIpc) is 3.16. The van der Waals surface area contributed by atoms with E-state index in [2.05, 4.69) is 14.7 Å². The average molecular weight is 521 g/mol. The zero-order chi connectivity index (χ0) is 23.2. The van der Waals surface area contributed by atoms with Crippen molar-refractivity contribution in [3.63, 3.8) is 0 Å².